The van der Waals surface area contributed by atoms with Gasteiger partial charge in [-0.25, -0.2) is 4.79 Å². The zero-order chi connectivity index (χ0) is 19.1. The van der Waals surface area contributed by atoms with Gasteiger partial charge in [0, 0.05) is 18.0 Å². The fourth-order valence-corrected chi connectivity index (χ4v) is 2.77. The number of hydrogen-bond donors (Lipinski definition) is 0. The van der Waals surface area contributed by atoms with Crippen molar-refractivity contribution in [1.29, 1.82) is 0 Å². The van der Waals surface area contributed by atoms with Crippen molar-refractivity contribution in [2.24, 2.45) is 0 Å². The molecule has 0 aliphatic rings. The molecule has 2 aromatic carbocycles. The molecule has 0 bridgehead atoms. The maximum Gasteiger partial charge on any atom is 0.338 e. The van der Waals surface area contributed by atoms with E-state index < -0.39 is 5.97 Å². The van der Waals surface area contributed by atoms with Crippen LogP contribution < -0.4 is 0 Å². The third-order valence-corrected chi connectivity index (χ3v) is 4.24. The summed E-state index contributed by atoms with van der Waals surface area (Å²) in [7, 11) is 0. The number of carbonyl (C=O) groups excluding carboxylic acids is 2. The van der Waals surface area contributed by atoms with E-state index in [1.165, 1.54) is 5.56 Å². The largest absolute Gasteiger partial charge is 0.454 e. The van der Waals surface area contributed by atoms with Gasteiger partial charge < -0.3 is 4.74 Å². The highest BCUT2D eigenvalue weighted by atomic mass is 16.5. The topological polar surface area (TPSA) is 61.2 Å². The Morgan fingerprint density at radius 3 is 2.26 bits per heavy atom. The van der Waals surface area contributed by atoms with Crippen LogP contribution in [0.3, 0.4) is 0 Å². The van der Waals surface area contributed by atoms with Gasteiger partial charge in [-0.1, -0.05) is 49.7 Å². The van der Waals surface area contributed by atoms with Gasteiger partial charge >= 0.3 is 5.97 Å². The van der Waals surface area contributed by atoms with Gasteiger partial charge in [0.15, 0.2) is 12.4 Å². The highest BCUT2D eigenvalue weighted by Gasteiger charge is 2.12. The van der Waals surface area contributed by atoms with Gasteiger partial charge in [0.25, 0.3) is 0 Å². The van der Waals surface area contributed by atoms with E-state index in [1.54, 1.807) is 35.1 Å². The molecular formula is C22H22N2O3. The zero-order valence-corrected chi connectivity index (χ0v) is 15.3. The molecule has 0 atom stereocenters. The number of carbonyl (C=O) groups is 2. The van der Waals surface area contributed by atoms with E-state index in [-0.39, 0.29) is 12.4 Å². The summed E-state index contributed by atoms with van der Waals surface area (Å²) in [5.74, 6) is -0.710. The number of rotatable bonds is 8. The molecule has 1 aromatic heterocycles. The van der Waals surface area contributed by atoms with E-state index in [4.69, 9.17) is 4.74 Å². The van der Waals surface area contributed by atoms with Crippen LogP contribution in [0, 0.1) is 0 Å². The fraction of sp³-hybridized carbons (Fsp3) is 0.227. The zero-order valence-electron chi connectivity index (χ0n) is 15.3. The van der Waals surface area contributed by atoms with Crippen molar-refractivity contribution < 1.29 is 14.3 Å². The Morgan fingerprint density at radius 1 is 0.963 bits per heavy atom. The van der Waals surface area contributed by atoms with Gasteiger partial charge in [-0.3, -0.25) is 9.48 Å². The van der Waals surface area contributed by atoms with E-state index in [1.807, 2.05) is 36.5 Å². The lowest BCUT2D eigenvalue weighted by atomic mass is 10.1. The molecular weight excluding hydrogens is 340 g/mol. The Balaban J connectivity index is 1.53. The van der Waals surface area contributed by atoms with Gasteiger partial charge in [-0.2, -0.15) is 5.10 Å². The highest BCUT2D eigenvalue weighted by Crippen LogP contribution is 2.10. The molecule has 5 nitrogen and oxygen atoms in total. The number of aromatic nitrogens is 2. The SMILES string of the molecule is CCCc1ccc(C(=O)COC(=O)c2ccc(Cn3cccn3)cc2)cc1. The van der Waals surface area contributed by atoms with Gasteiger partial charge in [0.1, 0.15) is 0 Å². The average molecular weight is 362 g/mol. The second-order valence-corrected chi connectivity index (χ2v) is 6.35. The minimum Gasteiger partial charge on any atom is -0.454 e. The van der Waals surface area contributed by atoms with E-state index in [9.17, 15) is 9.59 Å². The summed E-state index contributed by atoms with van der Waals surface area (Å²) in [6, 6.07) is 16.4. The van der Waals surface area contributed by atoms with Crippen molar-refractivity contribution in [3.05, 3.63) is 89.2 Å². The molecule has 0 unspecified atom stereocenters. The summed E-state index contributed by atoms with van der Waals surface area (Å²) >= 11 is 0. The Labute approximate surface area is 158 Å². The molecule has 0 aliphatic carbocycles. The molecule has 138 valence electrons. The molecule has 5 heteroatoms. The Morgan fingerprint density at radius 2 is 1.63 bits per heavy atom. The van der Waals surface area contributed by atoms with Gasteiger partial charge in [0.2, 0.25) is 0 Å². The van der Waals surface area contributed by atoms with Gasteiger partial charge in [0.05, 0.1) is 12.1 Å². The van der Waals surface area contributed by atoms with Crippen molar-refractivity contribution >= 4 is 11.8 Å². The molecule has 0 spiro atoms. The fourth-order valence-electron chi connectivity index (χ4n) is 2.77. The minimum atomic E-state index is -0.503. The van der Waals surface area contributed by atoms with Crippen molar-refractivity contribution in [2.75, 3.05) is 6.61 Å². The first-order valence-corrected chi connectivity index (χ1v) is 9.01. The average Bonchev–Trinajstić information content (AvgIpc) is 3.20. The summed E-state index contributed by atoms with van der Waals surface area (Å²) in [4.78, 5) is 24.4. The third kappa shape index (κ3) is 5.14. The van der Waals surface area contributed by atoms with Crippen LogP contribution in [0.1, 0.15) is 45.2 Å². The number of aryl methyl sites for hydroxylation is 1. The number of hydrogen-bond acceptors (Lipinski definition) is 4. The maximum absolute atomic E-state index is 12.2. The van der Waals surface area contributed by atoms with Crippen LogP contribution in [0.2, 0.25) is 0 Å². The first-order valence-electron chi connectivity index (χ1n) is 9.01. The number of benzene rings is 2. The molecule has 0 fully saturated rings. The second-order valence-electron chi connectivity index (χ2n) is 6.35. The van der Waals surface area contributed by atoms with Crippen molar-refractivity contribution in [3.63, 3.8) is 0 Å². The van der Waals surface area contributed by atoms with Crippen LogP contribution in [0.4, 0.5) is 0 Å². The summed E-state index contributed by atoms with van der Waals surface area (Å²) < 4.78 is 6.97. The van der Waals surface area contributed by atoms with E-state index in [0.29, 0.717) is 17.7 Å². The summed E-state index contributed by atoms with van der Waals surface area (Å²) in [6.45, 7) is 2.48. The Hall–Kier alpha value is -3.21. The first kappa shape index (κ1) is 18.6. The quantitative estimate of drug-likeness (QED) is 0.450. The normalized spacial score (nSPS) is 10.6. The van der Waals surface area contributed by atoms with Crippen molar-refractivity contribution in [3.8, 4) is 0 Å². The van der Waals surface area contributed by atoms with Crippen LogP contribution in [0.15, 0.2) is 67.0 Å². The molecule has 0 saturated heterocycles. The van der Waals surface area contributed by atoms with Crippen molar-refractivity contribution in [2.45, 2.75) is 26.3 Å². The summed E-state index contributed by atoms with van der Waals surface area (Å²) in [6.07, 6.45) is 5.65. The molecule has 0 saturated carbocycles. The number of nitrogens with zero attached hydrogens (tertiary/aromatic N) is 2. The van der Waals surface area contributed by atoms with Crippen LogP contribution in [0.5, 0.6) is 0 Å². The lowest BCUT2D eigenvalue weighted by Crippen LogP contribution is -2.14. The molecule has 0 N–H and O–H groups in total. The lowest BCUT2D eigenvalue weighted by molar-refractivity contribution is 0.0474. The number of Topliss-reactive ketones (excluding diaryl/α,β-unsaturated/α-hetero) is 1. The first-order chi connectivity index (χ1) is 13.2. The predicted molar refractivity (Wildman–Crippen MR) is 103 cm³/mol. The molecule has 3 rings (SSSR count). The number of ether oxygens (including phenoxy) is 1. The van der Waals surface area contributed by atoms with Crippen LogP contribution in [0.25, 0.3) is 0 Å². The molecule has 27 heavy (non-hydrogen) atoms. The molecule has 0 aliphatic heterocycles. The van der Waals surface area contributed by atoms with Crippen LogP contribution in [-0.2, 0) is 17.7 Å². The molecule has 0 amide bonds. The smallest absolute Gasteiger partial charge is 0.338 e. The van der Waals surface area contributed by atoms with E-state index >= 15 is 0 Å². The monoisotopic (exact) mass is 362 g/mol. The second kappa shape index (κ2) is 8.94. The number of ketones is 1. The molecule has 0 radical (unpaired) electrons. The lowest BCUT2D eigenvalue weighted by Gasteiger charge is -2.07. The standard InChI is InChI=1S/C22H22N2O3/c1-2-4-17-5-9-19(10-6-17)21(25)16-27-22(26)20-11-7-18(8-12-20)15-24-14-3-13-23-24/h3,5-14H,2,4,15-16H2,1H3. The maximum atomic E-state index is 12.2. The third-order valence-electron chi connectivity index (χ3n) is 4.24. The number of esters is 1. The Bertz CT molecular complexity index is 882. The van der Waals surface area contributed by atoms with Crippen molar-refractivity contribution in [1.82, 2.24) is 9.78 Å². The predicted octanol–water partition coefficient (Wildman–Crippen LogP) is 3.92. The Kier molecular flexibility index (Phi) is 6.15. The molecule has 1 heterocycles. The van der Waals surface area contributed by atoms with E-state index in [2.05, 4.69) is 12.0 Å². The summed E-state index contributed by atoms with van der Waals surface area (Å²) in [5.41, 5.74) is 3.20. The van der Waals surface area contributed by atoms with Crippen LogP contribution >= 0.6 is 0 Å². The minimum absolute atomic E-state index is 0.207. The highest BCUT2D eigenvalue weighted by molar-refractivity contribution is 5.99. The van der Waals surface area contributed by atoms with E-state index in [0.717, 1.165) is 18.4 Å². The van der Waals surface area contributed by atoms with Crippen LogP contribution in [-0.4, -0.2) is 28.1 Å². The van der Waals surface area contributed by atoms with Gasteiger partial charge in [-0.05, 0) is 35.7 Å². The molecule has 3 aromatic rings. The summed E-state index contributed by atoms with van der Waals surface area (Å²) in [5, 5.41) is 4.15. The van der Waals surface area contributed by atoms with Gasteiger partial charge in [-0.15, -0.1) is 0 Å².